The van der Waals surface area contributed by atoms with Gasteiger partial charge in [-0.3, -0.25) is 28.8 Å². The Bertz CT molecular complexity index is 3590. The Hall–Kier alpha value is -5.17. The monoisotopic (exact) mass is 1300 g/mol. The second kappa shape index (κ2) is 20.0. The number of aliphatic carboxylic acids is 2. The molecule has 0 aromatic heterocycles. The first-order valence-electron chi connectivity index (χ1n) is 33.0. The Morgan fingerprint density at radius 1 is 0.462 bits per heavy atom. The topological polar surface area (TPSA) is 293 Å². The molecule has 0 aromatic rings. The summed E-state index contributed by atoms with van der Waals surface area (Å²) in [6.45, 7) is 20.6. The predicted octanol–water partition coefficient (Wildman–Crippen LogP) is 8.08. The van der Waals surface area contributed by atoms with Crippen molar-refractivity contribution in [3.05, 3.63) is 71.4 Å². The summed E-state index contributed by atoms with van der Waals surface area (Å²) < 4.78 is 87.8. The van der Waals surface area contributed by atoms with Crippen LogP contribution in [0.2, 0.25) is 0 Å². The van der Waals surface area contributed by atoms with E-state index < -0.39 is 167 Å². The molecule has 9 saturated carbocycles. The molecule has 0 spiro atoms. The zero-order valence-corrected chi connectivity index (χ0v) is 54.8. The Morgan fingerprint density at radius 2 is 0.753 bits per heavy atom. The lowest BCUT2D eigenvalue weighted by Gasteiger charge is -2.62. The highest BCUT2D eigenvalue weighted by atomic mass is 19.2. The van der Waals surface area contributed by atoms with E-state index in [1.54, 1.807) is 87.5 Å². The molecule has 12 aliphatic carbocycles. The number of aldehydes is 1. The average Bonchev–Trinajstić information content (AvgIpc) is 1.58. The molecular weight excluding hydrogens is 1210 g/mol. The minimum absolute atomic E-state index is 0.0369. The number of fused-ring (bicyclic) bond motifs is 21. The molecule has 22 heteroatoms. The SMILES string of the molecule is CC1(C)O[C@@H]2CC3[C@@H]4CCC5=CC(=O)C=C[C@]5(C)[C@@]4(F)[C@@H](O)C[C@]3(C)[C@]2(C(=O)C(=O)O)O1.CC1(C)O[C@@H]2CC3[C@@H]4CCC5=CC(=O)C=C[C@]5(C)[C@@]4(F)[C@@H](O)C[C@]3(C)[C@]2(C(=O)C=O)O1.CC1(C)O[C@@H]2CC3[C@@H]4CCC5=CC(=O)C=C[C@]5(C)[C@@]4(F)[C@@H](O)C[C@]3(C)[C@]2(C(=O)O)O1. The molecule has 15 aliphatic rings. The molecule has 15 rings (SSSR count). The predicted molar refractivity (Wildman–Crippen MR) is 321 cm³/mol. The Morgan fingerprint density at radius 3 is 1.08 bits per heavy atom. The van der Waals surface area contributed by atoms with Gasteiger partial charge in [0.05, 0.1) is 30.5 Å². The number of Topliss-reactive ketones (excluding diaryl/α,β-unsaturated/α-hetero) is 2. The largest absolute Gasteiger partial charge is 0.479 e. The first-order chi connectivity index (χ1) is 42.9. The third-order valence-electron chi connectivity index (χ3n) is 27.2. The van der Waals surface area contributed by atoms with Crippen LogP contribution < -0.4 is 0 Å². The van der Waals surface area contributed by atoms with E-state index in [1.807, 2.05) is 13.8 Å². The summed E-state index contributed by atoms with van der Waals surface area (Å²) in [6.07, 6.45) is 10.7. The molecule has 3 saturated heterocycles. The van der Waals surface area contributed by atoms with Gasteiger partial charge in [0.25, 0.3) is 5.78 Å². The van der Waals surface area contributed by atoms with Gasteiger partial charge in [0.2, 0.25) is 5.78 Å². The summed E-state index contributed by atoms with van der Waals surface area (Å²) in [7, 11) is 0. The highest BCUT2D eigenvalue weighted by Gasteiger charge is 2.84. The van der Waals surface area contributed by atoms with Gasteiger partial charge in [-0.15, -0.1) is 0 Å². The van der Waals surface area contributed by atoms with Gasteiger partial charge in [0.1, 0.15) is 6.10 Å². The third-order valence-corrected chi connectivity index (χ3v) is 27.2. The first kappa shape index (κ1) is 66.4. The minimum atomic E-state index is -2.07. The summed E-state index contributed by atoms with van der Waals surface area (Å²) in [4.78, 5) is 98.1. The maximum atomic E-state index is 17.1. The number of carboxylic acid groups (broad SMARTS) is 2. The third kappa shape index (κ3) is 7.98. The van der Waals surface area contributed by atoms with Gasteiger partial charge >= 0.3 is 11.9 Å². The van der Waals surface area contributed by atoms with E-state index in [0.29, 0.717) is 68.1 Å². The van der Waals surface area contributed by atoms with Gasteiger partial charge in [-0.05, 0) is 194 Å². The molecule has 5 N–H and O–H groups in total. The summed E-state index contributed by atoms with van der Waals surface area (Å²) >= 11 is 0. The normalized spacial score (nSPS) is 52.0. The van der Waals surface area contributed by atoms with Crippen molar-refractivity contribution in [1.29, 1.82) is 0 Å². The number of aliphatic hydroxyl groups is 3. The molecule has 0 amide bonds. The lowest BCUT2D eigenvalue weighted by molar-refractivity contribution is -0.251. The molecule has 3 aliphatic heterocycles. The van der Waals surface area contributed by atoms with Crippen LogP contribution in [0, 0.1) is 68.0 Å². The van der Waals surface area contributed by atoms with E-state index in [0.717, 1.165) is 0 Å². The van der Waals surface area contributed by atoms with Crippen LogP contribution in [0.3, 0.4) is 0 Å². The van der Waals surface area contributed by atoms with Gasteiger partial charge in [0, 0.05) is 50.2 Å². The quantitative estimate of drug-likeness (QED) is 0.128. The standard InChI is InChI=1S/C24H29FO7.C24H29FO6.C23H29FO6/c1-20(2)31-17-10-15-14-6-5-12-9-13(26)7-8-21(12,3)23(14,25)16(27)11-22(15,4)24(17,32-20)18(28)19(29)30;1-20(2)30-19-10-16-15-6-5-13-9-14(27)7-8-21(13,3)23(15,25)17(28)11-22(16,4)24(19,31-20)18(29)12-26;1-19(2)29-17-10-15-14-6-5-12-9-13(25)7-8-20(12,3)22(14,24)16(26)11-21(15,4)23(17,30-19)18(27)28/h7-9,14-17,27H,5-6,10-11H2,1-4H3,(H,29,30);7-9,12,15-17,19,28H,5-6,10-11H2,1-4H3;7-9,14-17,26H,5-6,10-11H2,1-4H3,(H,27,28)/t14-,15?,16-,17+,21-,22-,23-,24-;15-,16?,17-,19+,21-,22-,23-,24+;14-,15?,16-,17+,20-,21-,22-,23-/m000/s1. The van der Waals surface area contributed by atoms with Crippen molar-refractivity contribution in [3.8, 4) is 0 Å². The lowest BCUT2D eigenvalue weighted by Crippen LogP contribution is -2.70. The van der Waals surface area contributed by atoms with Gasteiger partial charge in [-0.1, -0.05) is 55.7 Å². The van der Waals surface area contributed by atoms with Crippen LogP contribution in [0.25, 0.3) is 0 Å². The molecule has 0 aromatic carbocycles. The number of hydrogen-bond acceptors (Lipinski definition) is 17. The number of rotatable bonds is 5. The zero-order valence-electron chi connectivity index (χ0n) is 54.8. The fraction of sp³-hybridized carbons (Fsp3) is 0.718. The van der Waals surface area contributed by atoms with Crippen molar-refractivity contribution in [2.24, 2.45) is 68.0 Å². The second-order valence-corrected chi connectivity index (χ2v) is 32.5. The van der Waals surface area contributed by atoms with E-state index in [1.165, 1.54) is 36.5 Å². The van der Waals surface area contributed by atoms with E-state index >= 15 is 13.2 Å². The number of aliphatic hydroxyl groups excluding tert-OH is 3. The summed E-state index contributed by atoms with van der Waals surface area (Å²) in [5, 5.41) is 53.9. The van der Waals surface area contributed by atoms with Crippen LogP contribution in [0.5, 0.6) is 0 Å². The van der Waals surface area contributed by atoms with Crippen molar-refractivity contribution >= 4 is 47.1 Å². The number of halogens is 3. The lowest BCUT2D eigenvalue weighted by atomic mass is 9.44. The van der Waals surface area contributed by atoms with E-state index in [4.69, 9.17) is 28.4 Å². The smallest absolute Gasteiger partial charge is 0.375 e. The summed E-state index contributed by atoms with van der Waals surface area (Å²) in [6, 6.07) is 0. The van der Waals surface area contributed by atoms with E-state index in [-0.39, 0.29) is 61.2 Å². The summed E-state index contributed by atoms with van der Waals surface area (Å²) in [5.74, 6) is -11.3. The number of carboxylic acids is 2. The van der Waals surface area contributed by atoms with Crippen molar-refractivity contribution < 1.29 is 105 Å². The van der Waals surface area contributed by atoms with Crippen molar-refractivity contribution in [2.75, 3.05) is 0 Å². The van der Waals surface area contributed by atoms with Crippen LogP contribution in [0.15, 0.2) is 71.4 Å². The molecule has 0 bridgehead atoms. The molecular formula is C71H87F3O19. The van der Waals surface area contributed by atoms with Gasteiger partial charge in [-0.25, -0.2) is 22.8 Å². The number of ether oxygens (including phenoxy) is 6. The van der Waals surface area contributed by atoms with Crippen molar-refractivity contribution in [3.63, 3.8) is 0 Å². The van der Waals surface area contributed by atoms with Crippen molar-refractivity contribution in [2.45, 2.75) is 248 Å². The fourth-order valence-electron chi connectivity index (χ4n) is 23.4. The highest BCUT2D eigenvalue weighted by Crippen LogP contribution is 2.76. The maximum Gasteiger partial charge on any atom is 0.375 e. The van der Waals surface area contributed by atoms with Gasteiger partial charge in [-0.2, -0.15) is 0 Å². The van der Waals surface area contributed by atoms with Crippen LogP contribution in [0.1, 0.15) is 160 Å². The Kier molecular flexibility index (Phi) is 14.3. The first-order valence-corrected chi connectivity index (χ1v) is 33.0. The number of carbonyl (C=O) groups excluding carboxylic acids is 6. The fourth-order valence-corrected chi connectivity index (χ4v) is 23.4. The summed E-state index contributed by atoms with van der Waals surface area (Å²) in [5.41, 5.74) is -15.4. The number of alkyl halides is 3. The molecule has 0 radical (unpaired) electrons. The molecule has 506 valence electrons. The molecule has 3 unspecified atom stereocenters. The van der Waals surface area contributed by atoms with E-state index in [2.05, 4.69) is 0 Å². The Labute approximate surface area is 538 Å². The van der Waals surface area contributed by atoms with Gasteiger partial charge < -0.3 is 54.0 Å². The minimum Gasteiger partial charge on any atom is -0.479 e. The molecule has 3 heterocycles. The zero-order chi connectivity index (χ0) is 68.0. The molecule has 24 atom stereocenters. The number of hydrogen-bond donors (Lipinski definition) is 5. The second-order valence-electron chi connectivity index (χ2n) is 32.5. The van der Waals surface area contributed by atoms with Gasteiger partial charge in [0.15, 0.2) is 74.8 Å². The van der Waals surface area contributed by atoms with Crippen molar-refractivity contribution in [1.82, 2.24) is 0 Å². The number of allylic oxidation sites excluding steroid dienone is 12. The van der Waals surface area contributed by atoms with E-state index in [9.17, 15) is 63.9 Å². The number of ketones is 5. The Balaban J connectivity index is 0.000000127. The van der Waals surface area contributed by atoms with Crippen LogP contribution >= 0.6 is 0 Å². The van der Waals surface area contributed by atoms with Crippen LogP contribution in [-0.4, -0.2) is 160 Å². The maximum absolute atomic E-state index is 17.1. The van der Waals surface area contributed by atoms with Crippen LogP contribution in [-0.2, 0) is 66.8 Å². The average molecular weight is 1300 g/mol. The molecule has 12 fully saturated rings. The number of carbonyl (C=O) groups is 8. The highest BCUT2D eigenvalue weighted by molar-refractivity contribution is 6.36. The molecule has 19 nitrogen and oxygen atoms in total. The molecule has 93 heavy (non-hydrogen) atoms. The van der Waals surface area contributed by atoms with Crippen LogP contribution in [0.4, 0.5) is 13.2 Å².